The van der Waals surface area contributed by atoms with Crippen LogP contribution in [0.2, 0.25) is 0 Å². The van der Waals surface area contributed by atoms with E-state index in [0.29, 0.717) is 12.8 Å². The van der Waals surface area contributed by atoms with Crippen LogP contribution in [-0.4, -0.2) is 140 Å². The number of ether oxygens (including phenoxy) is 4. The van der Waals surface area contributed by atoms with Gasteiger partial charge in [-0.05, 0) is 57.8 Å². The average molecular weight is 1010 g/mol. The second kappa shape index (κ2) is 43.4. The summed E-state index contributed by atoms with van der Waals surface area (Å²) in [5.41, 5.74) is 0. The molecule has 12 unspecified atom stereocenters. The minimum atomic E-state index is -1.79. The van der Waals surface area contributed by atoms with E-state index in [1.54, 1.807) is 6.08 Å². The van der Waals surface area contributed by atoms with Crippen molar-refractivity contribution in [3.05, 3.63) is 36.5 Å². The van der Waals surface area contributed by atoms with Crippen molar-refractivity contribution in [1.82, 2.24) is 5.32 Å². The lowest BCUT2D eigenvalue weighted by Crippen LogP contribution is -2.65. The van der Waals surface area contributed by atoms with Gasteiger partial charge in [0.1, 0.15) is 48.8 Å². The lowest BCUT2D eigenvalue weighted by molar-refractivity contribution is -0.359. The Labute approximate surface area is 430 Å². The number of aliphatic hydroxyl groups excluding tert-OH is 8. The molecule has 0 radical (unpaired) electrons. The summed E-state index contributed by atoms with van der Waals surface area (Å²) in [6, 6.07) is -0.932. The zero-order valence-electron chi connectivity index (χ0n) is 44.5. The monoisotopic (exact) mass is 1010 g/mol. The van der Waals surface area contributed by atoms with Crippen LogP contribution < -0.4 is 5.32 Å². The molecule has 2 rings (SSSR count). The largest absolute Gasteiger partial charge is 0.394 e. The minimum Gasteiger partial charge on any atom is -0.394 e. The Morgan fingerprint density at radius 2 is 0.901 bits per heavy atom. The topological polar surface area (TPSA) is 228 Å². The van der Waals surface area contributed by atoms with Crippen molar-refractivity contribution in [3.63, 3.8) is 0 Å². The molecule has 14 heteroatoms. The van der Waals surface area contributed by atoms with Crippen LogP contribution in [-0.2, 0) is 23.7 Å². The number of unbranched alkanes of at least 4 members (excludes halogenated alkanes) is 28. The number of rotatable bonds is 45. The number of hydrogen-bond donors (Lipinski definition) is 9. The fourth-order valence-electron chi connectivity index (χ4n) is 9.36. The molecule has 71 heavy (non-hydrogen) atoms. The summed E-state index contributed by atoms with van der Waals surface area (Å²) in [6.07, 6.45) is 34.7. The maximum Gasteiger partial charge on any atom is 0.220 e. The van der Waals surface area contributed by atoms with Gasteiger partial charge in [0.25, 0.3) is 0 Å². The number of carbonyl (C=O) groups excluding carboxylic acids is 1. The van der Waals surface area contributed by atoms with E-state index in [0.717, 1.165) is 38.5 Å². The maximum absolute atomic E-state index is 13.2. The fraction of sp³-hybridized carbons (Fsp3) is 0.877. The van der Waals surface area contributed by atoms with Crippen molar-refractivity contribution in [2.75, 3.05) is 19.8 Å². The van der Waals surface area contributed by atoms with Gasteiger partial charge in [0.15, 0.2) is 12.6 Å². The zero-order chi connectivity index (χ0) is 51.7. The quantitative estimate of drug-likeness (QED) is 0.0205. The molecule has 416 valence electrons. The van der Waals surface area contributed by atoms with Crippen molar-refractivity contribution < 1.29 is 64.6 Å². The number of aliphatic hydroxyl groups is 8. The normalized spacial score (nSPS) is 26.0. The minimum absolute atomic E-state index is 0.253. The highest BCUT2D eigenvalue weighted by Gasteiger charge is 2.51. The van der Waals surface area contributed by atoms with Gasteiger partial charge in [0.05, 0.1) is 32.0 Å². The molecule has 2 aliphatic heterocycles. The van der Waals surface area contributed by atoms with Gasteiger partial charge in [0.2, 0.25) is 5.91 Å². The van der Waals surface area contributed by atoms with Crippen molar-refractivity contribution in [1.29, 1.82) is 0 Å². The van der Waals surface area contributed by atoms with Crippen LogP contribution in [0.3, 0.4) is 0 Å². The third-order valence-electron chi connectivity index (χ3n) is 14.0. The highest BCUT2D eigenvalue weighted by atomic mass is 16.7. The average Bonchev–Trinajstić information content (AvgIpc) is 3.37. The van der Waals surface area contributed by atoms with Gasteiger partial charge in [-0.15, -0.1) is 0 Å². The van der Waals surface area contributed by atoms with Gasteiger partial charge in [-0.1, -0.05) is 198 Å². The number of carbonyl (C=O) groups is 1. The van der Waals surface area contributed by atoms with E-state index in [-0.39, 0.29) is 18.9 Å². The number of nitrogens with one attached hydrogen (secondary N) is 1. The molecule has 9 N–H and O–H groups in total. The molecule has 1 amide bonds. The van der Waals surface area contributed by atoms with Gasteiger partial charge < -0.3 is 65.1 Å². The van der Waals surface area contributed by atoms with Crippen LogP contribution >= 0.6 is 0 Å². The summed E-state index contributed by atoms with van der Waals surface area (Å²) >= 11 is 0. The first-order valence-corrected chi connectivity index (χ1v) is 28.7. The van der Waals surface area contributed by atoms with Gasteiger partial charge in [0, 0.05) is 6.42 Å². The molecule has 14 nitrogen and oxygen atoms in total. The number of hydrogen-bond acceptors (Lipinski definition) is 13. The Hall–Kier alpha value is -1.79. The van der Waals surface area contributed by atoms with E-state index in [9.17, 15) is 45.6 Å². The summed E-state index contributed by atoms with van der Waals surface area (Å²) in [5.74, 6) is -0.253. The predicted molar refractivity (Wildman–Crippen MR) is 281 cm³/mol. The molecule has 2 saturated heterocycles. The number of amides is 1. The smallest absolute Gasteiger partial charge is 0.220 e. The van der Waals surface area contributed by atoms with E-state index < -0.39 is 86.8 Å². The Morgan fingerprint density at radius 3 is 1.38 bits per heavy atom. The van der Waals surface area contributed by atoms with Gasteiger partial charge in [-0.3, -0.25) is 4.79 Å². The first-order chi connectivity index (χ1) is 34.6. The molecule has 0 saturated carbocycles. The summed E-state index contributed by atoms with van der Waals surface area (Å²) in [4.78, 5) is 13.2. The van der Waals surface area contributed by atoms with E-state index in [2.05, 4.69) is 43.5 Å². The molecule has 0 aromatic carbocycles. The molecule has 0 aliphatic carbocycles. The molecule has 0 bridgehead atoms. The lowest BCUT2D eigenvalue weighted by atomic mass is 9.97. The second-order valence-corrected chi connectivity index (χ2v) is 20.4. The molecule has 2 heterocycles. The number of allylic oxidation sites excluding steroid dienone is 5. The van der Waals surface area contributed by atoms with Crippen LogP contribution in [0.1, 0.15) is 226 Å². The summed E-state index contributed by atoms with van der Waals surface area (Å²) in [6.45, 7) is 2.78. The van der Waals surface area contributed by atoms with Gasteiger partial charge in [-0.25, -0.2) is 0 Å². The predicted octanol–water partition coefficient (Wildman–Crippen LogP) is 9.05. The van der Waals surface area contributed by atoms with Crippen molar-refractivity contribution >= 4 is 5.91 Å². The van der Waals surface area contributed by atoms with Gasteiger partial charge in [-0.2, -0.15) is 0 Å². The summed E-state index contributed by atoms with van der Waals surface area (Å²) in [5, 5.41) is 87.0. The van der Waals surface area contributed by atoms with Crippen LogP contribution in [0.5, 0.6) is 0 Å². The molecule has 0 spiro atoms. The van der Waals surface area contributed by atoms with Crippen molar-refractivity contribution in [2.45, 2.75) is 299 Å². The molecule has 0 aromatic heterocycles. The first-order valence-electron chi connectivity index (χ1n) is 28.7. The van der Waals surface area contributed by atoms with E-state index in [1.165, 1.54) is 154 Å². The van der Waals surface area contributed by atoms with Crippen molar-refractivity contribution in [3.8, 4) is 0 Å². The van der Waals surface area contributed by atoms with Crippen LogP contribution in [0, 0.1) is 0 Å². The Bertz CT molecular complexity index is 1330. The fourth-order valence-corrected chi connectivity index (χ4v) is 9.36. The Balaban J connectivity index is 1.81. The Kier molecular flexibility index (Phi) is 40.0. The zero-order valence-corrected chi connectivity index (χ0v) is 44.5. The SMILES string of the molecule is CCCCCCCC/C=C\CCCCCCCCCC(=O)NC(COC1OC(CO)C(OC2OC(CO)C(O)C(O)C2O)C(O)C1O)C(O)/C=C/CC/C=C/CCCCCCCCCCCCCCCC. The maximum atomic E-state index is 13.2. The van der Waals surface area contributed by atoms with Crippen molar-refractivity contribution in [2.24, 2.45) is 0 Å². The highest BCUT2D eigenvalue weighted by molar-refractivity contribution is 5.76. The second-order valence-electron chi connectivity index (χ2n) is 20.4. The standard InChI is InChI=1S/C57H105NO13/c1-3-5-7-9-11-13-15-17-19-21-22-23-25-26-28-30-32-34-36-38-40-46(61)45(58-49(62)41-39-37-35-33-31-29-27-24-20-18-16-14-12-10-8-6-4-2)44-68-56-54(67)52(65)55(48(43-60)70-56)71-57-53(66)51(64)50(63)47(42-59)69-57/h18,20,30,32,38,40,45-48,50-57,59-61,63-67H,3-17,19,21-29,31,33-37,39,41-44H2,1-2H3,(H,58,62)/b20-18-,32-30+,40-38+. The van der Waals surface area contributed by atoms with Crippen LogP contribution in [0.4, 0.5) is 0 Å². The molecule has 2 aliphatic rings. The highest BCUT2D eigenvalue weighted by Crippen LogP contribution is 2.30. The van der Waals surface area contributed by atoms with Gasteiger partial charge >= 0.3 is 0 Å². The summed E-state index contributed by atoms with van der Waals surface area (Å²) in [7, 11) is 0. The summed E-state index contributed by atoms with van der Waals surface area (Å²) < 4.78 is 22.7. The molecule has 12 atom stereocenters. The molecular weight excluding hydrogens is 907 g/mol. The third-order valence-corrected chi connectivity index (χ3v) is 14.0. The molecule has 2 fully saturated rings. The molecular formula is C57H105NO13. The van der Waals surface area contributed by atoms with E-state index in [1.807, 2.05) is 6.08 Å². The first kappa shape index (κ1) is 65.3. The molecule has 0 aromatic rings. The third kappa shape index (κ3) is 29.8. The Morgan fingerprint density at radius 1 is 0.493 bits per heavy atom. The van der Waals surface area contributed by atoms with E-state index in [4.69, 9.17) is 18.9 Å². The van der Waals surface area contributed by atoms with Crippen LogP contribution in [0.25, 0.3) is 0 Å². The van der Waals surface area contributed by atoms with E-state index >= 15 is 0 Å². The van der Waals surface area contributed by atoms with Crippen LogP contribution in [0.15, 0.2) is 36.5 Å². The lowest BCUT2D eigenvalue weighted by Gasteiger charge is -2.46.